The summed E-state index contributed by atoms with van der Waals surface area (Å²) in [5.74, 6) is 0. The standard InChI is InChI=1S/2Fe.H3O4P.H3P/c;;1-5(2,3)4;/h;;(H3,1,2,3,4);1H3/q2*+2;;/p-3. The Morgan fingerprint density at radius 3 is 1.00 bits per heavy atom. The molecule has 0 aliphatic heterocycles. The molecule has 0 aliphatic carbocycles. The van der Waals surface area contributed by atoms with Crippen molar-refractivity contribution in [2.75, 3.05) is 0 Å². The molecule has 0 aromatic carbocycles. The van der Waals surface area contributed by atoms with Crippen molar-refractivity contribution in [1.29, 1.82) is 0 Å². The van der Waals surface area contributed by atoms with Gasteiger partial charge in [0.25, 0.3) is 0 Å². The van der Waals surface area contributed by atoms with Gasteiger partial charge in [-0.3, -0.25) is 0 Å². The van der Waals surface area contributed by atoms with Crippen LogP contribution in [-0.2, 0) is 38.7 Å². The van der Waals surface area contributed by atoms with E-state index < -0.39 is 7.82 Å². The molecule has 4 nitrogen and oxygen atoms in total. The van der Waals surface area contributed by atoms with Gasteiger partial charge in [-0.05, 0) is 0 Å². The van der Waals surface area contributed by atoms with E-state index in [0.29, 0.717) is 0 Å². The first-order valence-electron chi connectivity index (χ1n) is 0.730. The maximum absolute atomic E-state index is 8.55. The van der Waals surface area contributed by atoms with Gasteiger partial charge in [0.05, 0.1) is 0 Å². The van der Waals surface area contributed by atoms with E-state index in [0.717, 1.165) is 0 Å². The van der Waals surface area contributed by atoms with Crippen molar-refractivity contribution in [1.82, 2.24) is 0 Å². The van der Waals surface area contributed by atoms with Crippen molar-refractivity contribution in [2.24, 2.45) is 0 Å². The summed E-state index contributed by atoms with van der Waals surface area (Å²) < 4.78 is 8.55. The van der Waals surface area contributed by atoms with Crippen LogP contribution in [0.4, 0.5) is 0 Å². The summed E-state index contributed by atoms with van der Waals surface area (Å²) in [7, 11) is -5.39. The first-order valence-corrected chi connectivity index (χ1v) is 2.19. The Morgan fingerprint density at radius 2 is 1.00 bits per heavy atom. The topological polar surface area (TPSA) is 86.2 Å². The second-order valence-electron chi connectivity index (χ2n) is 0.447. The monoisotopic (exact) mass is 241 g/mol. The Bertz CT molecular complexity index is 58.2. The van der Waals surface area contributed by atoms with E-state index >= 15 is 0 Å². The molecule has 0 aromatic rings. The van der Waals surface area contributed by atoms with Crippen LogP contribution < -0.4 is 14.7 Å². The third-order valence-corrected chi connectivity index (χ3v) is 0. The van der Waals surface area contributed by atoms with Crippen LogP contribution in [0.2, 0.25) is 0 Å². The quantitative estimate of drug-likeness (QED) is 0.339. The molecule has 0 N–H and O–H groups in total. The molecule has 1 unspecified atom stereocenters. The summed E-state index contributed by atoms with van der Waals surface area (Å²) in [5.41, 5.74) is 0. The molecule has 52 valence electrons. The predicted molar refractivity (Wildman–Crippen MR) is 18.7 cm³/mol. The third kappa shape index (κ3) is 132. The Labute approximate surface area is 71.2 Å². The normalized spacial score (nSPS) is 7.38. The van der Waals surface area contributed by atoms with Gasteiger partial charge in [0, 0.05) is 0 Å². The van der Waals surface area contributed by atoms with Gasteiger partial charge in [-0.1, -0.05) is 0 Å². The van der Waals surface area contributed by atoms with Crippen molar-refractivity contribution >= 4 is 17.7 Å². The van der Waals surface area contributed by atoms with Crippen LogP contribution in [0.5, 0.6) is 0 Å². The third-order valence-electron chi connectivity index (χ3n) is 0. The van der Waals surface area contributed by atoms with Crippen LogP contribution in [0.15, 0.2) is 0 Å². The minimum atomic E-state index is -5.39. The van der Waals surface area contributed by atoms with Crippen LogP contribution in [0.1, 0.15) is 0 Å². The Hall–Kier alpha value is 1.58. The van der Waals surface area contributed by atoms with Crippen LogP contribution in [0.3, 0.4) is 0 Å². The van der Waals surface area contributed by atoms with Gasteiger partial charge in [-0.25, -0.2) is 0 Å². The molecular formula is H3Fe2O4P2+. The summed E-state index contributed by atoms with van der Waals surface area (Å²) in [6.45, 7) is 0. The fourth-order valence-electron chi connectivity index (χ4n) is 0. The molecule has 0 fully saturated rings. The Morgan fingerprint density at radius 1 is 1.00 bits per heavy atom. The predicted octanol–water partition coefficient (Wildman–Crippen LogP) is -2.77. The molecule has 1 atom stereocenters. The summed E-state index contributed by atoms with van der Waals surface area (Å²) in [4.78, 5) is 25.6. The molecule has 8 heavy (non-hydrogen) atoms. The van der Waals surface area contributed by atoms with Gasteiger partial charge in [-0.15, -0.1) is 0 Å². The zero-order valence-corrected chi connectivity index (χ0v) is 8.01. The smallest absolute Gasteiger partial charge is 0.822 e. The largest absolute Gasteiger partial charge is 2.00 e. The first-order chi connectivity index (χ1) is 2.00. The molecule has 0 saturated heterocycles. The Balaban J connectivity index is -0.0000000267. The molecule has 0 spiro atoms. The van der Waals surface area contributed by atoms with Crippen molar-refractivity contribution in [3.63, 3.8) is 0 Å². The van der Waals surface area contributed by atoms with Crippen molar-refractivity contribution in [3.05, 3.63) is 0 Å². The van der Waals surface area contributed by atoms with E-state index in [2.05, 4.69) is 0 Å². The molecule has 0 heterocycles. The second-order valence-corrected chi connectivity index (χ2v) is 1.34. The van der Waals surface area contributed by atoms with Crippen molar-refractivity contribution < 1.29 is 53.4 Å². The number of rotatable bonds is 0. The SMILES string of the molecule is O=P([O-])([O-])[O-].P.[Fe+2].[Fe+2]. The summed E-state index contributed by atoms with van der Waals surface area (Å²) in [6.07, 6.45) is 0. The fourth-order valence-corrected chi connectivity index (χ4v) is 0. The minimum Gasteiger partial charge on any atom is -0.822 e. The fraction of sp³-hybridized carbons (Fsp3) is 0. The summed E-state index contributed by atoms with van der Waals surface area (Å²) in [6, 6.07) is 0. The summed E-state index contributed by atoms with van der Waals surface area (Å²) in [5, 5.41) is 0. The van der Waals surface area contributed by atoms with E-state index in [9.17, 15) is 0 Å². The zero-order valence-electron chi connectivity index (χ0n) is 3.49. The maximum Gasteiger partial charge on any atom is 2.00 e. The first kappa shape index (κ1) is 22.7. The molecule has 0 radical (unpaired) electrons. The molecule has 0 amide bonds. The van der Waals surface area contributed by atoms with Crippen molar-refractivity contribution in [2.45, 2.75) is 0 Å². The van der Waals surface area contributed by atoms with Gasteiger partial charge in [-0.2, -0.15) is 17.7 Å². The number of hydrogen-bond donors (Lipinski definition) is 0. The molecule has 0 aromatic heterocycles. The molecule has 0 saturated carbocycles. The molecule has 0 bridgehead atoms. The minimum absolute atomic E-state index is 0. The average molecular weight is 241 g/mol. The number of phosphoric acid groups is 1. The molecule has 0 rings (SSSR count). The van der Waals surface area contributed by atoms with Gasteiger partial charge < -0.3 is 19.2 Å². The van der Waals surface area contributed by atoms with Crippen LogP contribution in [0, 0.1) is 0 Å². The Kier molecular flexibility index (Phi) is 24.3. The van der Waals surface area contributed by atoms with E-state index in [1.165, 1.54) is 0 Å². The van der Waals surface area contributed by atoms with Crippen LogP contribution in [-0.4, -0.2) is 0 Å². The molecular weight excluding hydrogens is 238 g/mol. The summed E-state index contributed by atoms with van der Waals surface area (Å²) >= 11 is 0. The van der Waals surface area contributed by atoms with Gasteiger partial charge in [0.2, 0.25) is 0 Å². The van der Waals surface area contributed by atoms with Crippen LogP contribution in [0.25, 0.3) is 0 Å². The molecule has 0 aliphatic rings. The van der Waals surface area contributed by atoms with Gasteiger partial charge in [0.15, 0.2) is 0 Å². The van der Waals surface area contributed by atoms with E-state index in [-0.39, 0.29) is 44.0 Å². The van der Waals surface area contributed by atoms with E-state index in [4.69, 9.17) is 19.2 Å². The average Bonchev–Trinajstić information content (AvgIpc) is 0.722. The van der Waals surface area contributed by atoms with Gasteiger partial charge >= 0.3 is 34.1 Å². The maximum atomic E-state index is 8.55. The van der Waals surface area contributed by atoms with Crippen LogP contribution >= 0.6 is 17.7 Å². The van der Waals surface area contributed by atoms with E-state index in [1.54, 1.807) is 0 Å². The zero-order chi connectivity index (χ0) is 4.50. The molecule has 8 heteroatoms. The number of hydrogen-bond acceptors (Lipinski definition) is 4. The van der Waals surface area contributed by atoms with Gasteiger partial charge in [0.1, 0.15) is 0 Å². The second kappa shape index (κ2) is 8.58. The van der Waals surface area contributed by atoms with E-state index in [1.807, 2.05) is 0 Å². The van der Waals surface area contributed by atoms with Crippen molar-refractivity contribution in [3.8, 4) is 0 Å².